The molecule has 2 aromatic rings. The predicted octanol–water partition coefficient (Wildman–Crippen LogP) is 2.38. The Labute approximate surface area is 148 Å². The van der Waals surface area contributed by atoms with E-state index in [1.165, 1.54) is 5.56 Å². The van der Waals surface area contributed by atoms with Gasteiger partial charge in [0.1, 0.15) is 0 Å². The third kappa shape index (κ3) is 4.39. The molecule has 1 aliphatic rings. The van der Waals surface area contributed by atoms with E-state index >= 15 is 0 Å². The molecule has 6 heteroatoms. The maximum atomic E-state index is 12.4. The predicted molar refractivity (Wildman–Crippen MR) is 96.0 cm³/mol. The number of aromatic nitrogens is 2. The Balaban J connectivity index is 1.53. The number of nitrogens with one attached hydrogen (secondary N) is 1. The van der Waals surface area contributed by atoms with Crippen LogP contribution in [-0.4, -0.2) is 43.8 Å². The largest absolute Gasteiger partial charge is 0.388 e. The zero-order valence-electron chi connectivity index (χ0n) is 14.9. The van der Waals surface area contributed by atoms with Gasteiger partial charge in [0, 0.05) is 32.0 Å². The van der Waals surface area contributed by atoms with E-state index in [1.54, 1.807) is 31.3 Å². The standard InChI is InChI=1S/C19H26N4O2/c1-19(2,25)17-4-3-10-23(17)18(24)21-12-15-5-7-16(8-6-15)13-22-11-9-20-14-22/h5-9,11,14,17,25H,3-4,10,12-13H2,1-2H3,(H,21,24)/t17-/m0/s1. The van der Waals surface area contributed by atoms with Crippen molar-refractivity contribution in [3.63, 3.8) is 0 Å². The van der Waals surface area contributed by atoms with Crippen molar-refractivity contribution in [2.45, 2.75) is 51.4 Å². The number of urea groups is 1. The van der Waals surface area contributed by atoms with Crippen molar-refractivity contribution in [3.05, 3.63) is 54.1 Å². The molecule has 0 unspecified atom stereocenters. The fraction of sp³-hybridized carbons (Fsp3) is 0.474. The Hall–Kier alpha value is -2.34. The summed E-state index contributed by atoms with van der Waals surface area (Å²) in [6.07, 6.45) is 7.28. The molecular formula is C19H26N4O2. The molecule has 2 N–H and O–H groups in total. The average Bonchev–Trinajstić information content (AvgIpc) is 3.25. The number of hydrogen-bond acceptors (Lipinski definition) is 3. The van der Waals surface area contributed by atoms with Crippen molar-refractivity contribution in [3.8, 4) is 0 Å². The van der Waals surface area contributed by atoms with Crippen LogP contribution in [0.15, 0.2) is 43.0 Å². The van der Waals surface area contributed by atoms with E-state index in [0.717, 1.165) is 24.9 Å². The number of imidazole rings is 1. The second-order valence-corrected chi connectivity index (χ2v) is 7.22. The Bertz CT molecular complexity index is 689. The van der Waals surface area contributed by atoms with Crippen molar-refractivity contribution < 1.29 is 9.90 Å². The molecule has 0 bridgehead atoms. The van der Waals surface area contributed by atoms with E-state index in [9.17, 15) is 9.90 Å². The second-order valence-electron chi connectivity index (χ2n) is 7.22. The minimum atomic E-state index is -0.872. The molecule has 0 saturated carbocycles. The molecule has 0 spiro atoms. The number of nitrogens with zero attached hydrogens (tertiary/aromatic N) is 3. The van der Waals surface area contributed by atoms with Gasteiger partial charge in [-0.2, -0.15) is 0 Å². The lowest BCUT2D eigenvalue weighted by molar-refractivity contribution is 0.00979. The van der Waals surface area contributed by atoms with Crippen LogP contribution in [0.1, 0.15) is 37.8 Å². The van der Waals surface area contributed by atoms with Gasteiger partial charge in [0.25, 0.3) is 0 Å². The first-order valence-electron chi connectivity index (χ1n) is 8.74. The molecule has 3 rings (SSSR count). The lowest BCUT2D eigenvalue weighted by atomic mass is 9.97. The fourth-order valence-electron chi connectivity index (χ4n) is 3.38. The van der Waals surface area contributed by atoms with Crippen LogP contribution in [0.4, 0.5) is 4.79 Å². The third-order valence-corrected chi connectivity index (χ3v) is 4.72. The minimum Gasteiger partial charge on any atom is -0.388 e. The van der Waals surface area contributed by atoms with Gasteiger partial charge in [-0.1, -0.05) is 24.3 Å². The topological polar surface area (TPSA) is 70.4 Å². The van der Waals surface area contributed by atoms with E-state index < -0.39 is 5.60 Å². The molecule has 1 saturated heterocycles. The Kier molecular flexibility index (Phi) is 5.08. The molecule has 1 aromatic carbocycles. The van der Waals surface area contributed by atoms with Gasteiger partial charge in [-0.3, -0.25) is 0 Å². The van der Waals surface area contributed by atoms with Crippen molar-refractivity contribution >= 4 is 6.03 Å². The van der Waals surface area contributed by atoms with Gasteiger partial charge in [0.05, 0.1) is 18.0 Å². The third-order valence-electron chi connectivity index (χ3n) is 4.72. The summed E-state index contributed by atoms with van der Waals surface area (Å²) >= 11 is 0. The lowest BCUT2D eigenvalue weighted by Gasteiger charge is -2.33. The Morgan fingerprint density at radius 2 is 2.04 bits per heavy atom. The molecule has 0 radical (unpaired) electrons. The fourth-order valence-corrected chi connectivity index (χ4v) is 3.38. The van der Waals surface area contributed by atoms with E-state index in [0.29, 0.717) is 13.1 Å². The monoisotopic (exact) mass is 342 g/mol. The summed E-state index contributed by atoms with van der Waals surface area (Å²) in [7, 11) is 0. The molecule has 1 aromatic heterocycles. The Morgan fingerprint density at radius 3 is 2.68 bits per heavy atom. The van der Waals surface area contributed by atoms with Gasteiger partial charge in [0.2, 0.25) is 0 Å². The summed E-state index contributed by atoms with van der Waals surface area (Å²) in [5.74, 6) is 0. The van der Waals surface area contributed by atoms with Gasteiger partial charge < -0.3 is 19.9 Å². The molecule has 25 heavy (non-hydrogen) atoms. The van der Waals surface area contributed by atoms with Gasteiger partial charge in [0.15, 0.2) is 0 Å². The highest BCUT2D eigenvalue weighted by molar-refractivity contribution is 5.75. The van der Waals surface area contributed by atoms with Crippen LogP contribution < -0.4 is 5.32 Å². The SMILES string of the molecule is CC(C)(O)[C@@H]1CCCN1C(=O)NCc1ccc(Cn2ccnc2)cc1. The van der Waals surface area contributed by atoms with Crippen LogP contribution in [-0.2, 0) is 13.1 Å². The molecular weight excluding hydrogens is 316 g/mol. The first kappa shape index (κ1) is 17.5. The summed E-state index contributed by atoms with van der Waals surface area (Å²) in [6.45, 7) is 5.50. The molecule has 0 aliphatic carbocycles. The van der Waals surface area contributed by atoms with Crippen molar-refractivity contribution in [2.24, 2.45) is 0 Å². The lowest BCUT2D eigenvalue weighted by Crippen LogP contribution is -2.51. The summed E-state index contributed by atoms with van der Waals surface area (Å²) in [4.78, 5) is 18.2. The van der Waals surface area contributed by atoms with Crippen LogP contribution in [0.2, 0.25) is 0 Å². The van der Waals surface area contributed by atoms with Crippen molar-refractivity contribution in [1.29, 1.82) is 0 Å². The number of carbonyl (C=O) groups is 1. The molecule has 6 nitrogen and oxygen atoms in total. The van der Waals surface area contributed by atoms with Crippen LogP contribution >= 0.6 is 0 Å². The highest BCUT2D eigenvalue weighted by atomic mass is 16.3. The van der Waals surface area contributed by atoms with Crippen molar-refractivity contribution in [1.82, 2.24) is 19.8 Å². The molecule has 2 heterocycles. The number of carbonyl (C=O) groups excluding carboxylic acids is 1. The van der Waals surface area contributed by atoms with Crippen LogP contribution in [0.3, 0.4) is 0 Å². The Morgan fingerprint density at radius 1 is 1.32 bits per heavy atom. The van der Waals surface area contributed by atoms with Crippen molar-refractivity contribution in [2.75, 3.05) is 6.54 Å². The highest BCUT2D eigenvalue weighted by Gasteiger charge is 2.38. The zero-order chi connectivity index (χ0) is 17.9. The number of likely N-dealkylation sites (tertiary alicyclic amines) is 1. The molecule has 1 atom stereocenters. The molecule has 1 fully saturated rings. The number of rotatable bonds is 5. The normalized spacial score (nSPS) is 17.7. The van der Waals surface area contributed by atoms with Crippen LogP contribution in [0.25, 0.3) is 0 Å². The molecule has 134 valence electrons. The number of benzene rings is 1. The first-order valence-corrected chi connectivity index (χ1v) is 8.74. The number of amides is 2. The summed E-state index contributed by atoms with van der Waals surface area (Å²) < 4.78 is 2.01. The van der Waals surface area contributed by atoms with E-state index in [4.69, 9.17) is 0 Å². The summed E-state index contributed by atoms with van der Waals surface area (Å²) in [5.41, 5.74) is 1.37. The zero-order valence-corrected chi connectivity index (χ0v) is 14.9. The second kappa shape index (κ2) is 7.27. The quantitative estimate of drug-likeness (QED) is 0.876. The number of aliphatic hydroxyl groups is 1. The maximum absolute atomic E-state index is 12.4. The minimum absolute atomic E-state index is 0.105. The van der Waals surface area contributed by atoms with Gasteiger partial charge in [-0.25, -0.2) is 9.78 Å². The first-order chi connectivity index (χ1) is 11.9. The van der Waals surface area contributed by atoms with E-state index in [1.807, 2.05) is 22.9 Å². The maximum Gasteiger partial charge on any atom is 0.318 e. The van der Waals surface area contributed by atoms with Crippen LogP contribution in [0, 0.1) is 0 Å². The van der Waals surface area contributed by atoms with Gasteiger partial charge >= 0.3 is 6.03 Å². The summed E-state index contributed by atoms with van der Waals surface area (Å²) in [5, 5.41) is 13.2. The van der Waals surface area contributed by atoms with Gasteiger partial charge in [-0.15, -0.1) is 0 Å². The van der Waals surface area contributed by atoms with E-state index in [-0.39, 0.29) is 12.1 Å². The molecule has 2 amide bonds. The summed E-state index contributed by atoms with van der Waals surface area (Å²) in [6, 6.07) is 7.97. The molecule has 1 aliphatic heterocycles. The van der Waals surface area contributed by atoms with E-state index in [2.05, 4.69) is 22.4 Å². The average molecular weight is 342 g/mol. The van der Waals surface area contributed by atoms with Gasteiger partial charge in [-0.05, 0) is 37.8 Å². The van der Waals surface area contributed by atoms with Crippen LogP contribution in [0.5, 0.6) is 0 Å². The number of hydrogen-bond donors (Lipinski definition) is 2. The highest BCUT2D eigenvalue weighted by Crippen LogP contribution is 2.26. The smallest absolute Gasteiger partial charge is 0.318 e.